The molecular formula is C13H12O5. The summed E-state index contributed by atoms with van der Waals surface area (Å²) in [4.78, 5) is 22.6. The second kappa shape index (κ2) is 4.42. The van der Waals surface area contributed by atoms with Gasteiger partial charge in [-0.2, -0.15) is 0 Å². The first kappa shape index (κ1) is 11.2. The predicted octanol–water partition coefficient (Wildman–Crippen LogP) is 1.55. The number of cyclic esters (lactones) is 2. The van der Waals surface area contributed by atoms with Crippen molar-refractivity contribution in [1.29, 1.82) is 0 Å². The van der Waals surface area contributed by atoms with E-state index in [1.807, 2.05) is 0 Å². The Kier molecular flexibility index (Phi) is 2.76. The van der Waals surface area contributed by atoms with Crippen molar-refractivity contribution in [3.63, 3.8) is 0 Å². The normalized spacial score (nSPS) is 21.9. The van der Waals surface area contributed by atoms with Crippen molar-refractivity contribution in [1.82, 2.24) is 0 Å². The molecule has 1 aromatic carbocycles. The summed E-state index contributed by atoms with van der Waals surface area (Å²) in [6.45, 7) is 1.24. The molecular weight excluding hydrogens is 236 g/mol. The molecule has 1 aromatic rings. The van der Waals surface area contributed by atoms with Crippen LogP contribution in [0.15, 0.2) is 18.2 Å². The van der Waals surface area contributed by atoms with E-state index in [4.69, 9.17) is 9.47 Å². The zero-order chi connectivity index (χ0) is 12.5. The monoisotopic (exact) mass is 248 g/mol. The summed E-state index contributed by atoms with van der Waals surface area (Å²) in [6, 6.07) is 4.75. The van der Waals surface area contributed by atoms with Gasteiger partial charge in [0.15, 0.2) is 0 Å². The number of fused-ring (bicyclic) bond motifs is 1. The Morgan fingerprint density at radius 1 is 1.22 bits per heavy atom. The topological polar surface area (TPSA) is 61.8 Å². The van der Waals surface area contributed by atoms with Crippen molar-refractivity contribution < 1.29 is 23.8 Å². The number of hydrogen-bond donors (Lipinski definition) is 0. The third-order valence-corrected chi connectivity index (χ3v) is 3.08. The molecule has 2 aliphatic heterocycles. The SMILES string of the molecule is O=C1OC(=O)c2cc(OCC3CCCO3)ccc21. The lowest BCUT2D eigenvalue weighted by Crippen LogP contribution is -2.16. The molecule has 1 saturated heterocycles. The van der Waals surface area contributed by atoms with Gasteiger partial charge in [-0.15, -0.1) is 0 Å². The molecule has 0 amide bonds. The quantitative estimate of drug-likeness (QED) is 0.600. The van der Waals surface area contributed by atoms with Crippen molar-refractivity contribution in [3.05, 3.63) is 29.3 Å². The van der Waals surface area contributed by atoms with E-state index < -0.39 is 11.9 Å². The van der Waals surface area contributed by atoms with Gasteiger partial charge in [0.25, 0.3) is 0 Å². The summed E-state index contributed by atoms with van der Waals surface area (Å²) in [5.74, 6) is -0.658. The number of carbonyl (C=O) groups excluding carboxylic acids is 2. The second-order valence-electron chi connectivity index (χ2n) is 4.33. The lowest BCUT2D eigenvalue weighted by Gasteiger charge is -2.11. The van der Waals surface area contributed by atoms with Crippen molar-refractivity contribution in [2.45, 2.75) is 18.9 Å². The highest BCUT2D eigenvalue weighted by Crippen LogP contribution is 2.25. The predicted molar refractivity (Wildman–Crippen MR) is 60.7 cm³/mol. The Balaban J connectivity index is 1.72. The van der Waals surface area contributed by atoms with Gasteiger partial charge in [-0.3, -0.25) is 0 Å². The van der Waals surface area contributed by atoms with Gasteiger partial charge in [-0.1, -0.05) is 0 Å². The molecule has 18 heavy (non-hydrogen) atoms. The summed E-state index contributed by atoms with van der Waals surface area (Å²) >= 11 is 0. The maximum atomic E-state index is 11.4. The summed E-state index contributed by atoms with van der Waals surface area (Å²) in [5, 5.41) is 0. The molecule has 0 spiro atoms. The first-order chi connectivity index (χ1) is 8.74. The smallest absolute Gasteiger partial charge is 0.347 e. The van der Waals surface area contributed by atoms with Crippen LogP contribution >= 0.6 is 0 Å². The zero-order valence-corrected chi connectivity index (χ0v) is 9.68. The van der Waals surface area contributed by atoms with Crippen LogP contribution in [0.5, 0.6) is 5.75 Å². The molecule has 0 saturated carbocycles. The standard InChI is InChI=1S/C13H12O5/c14-12-10-4-3-8(6-11(10)13(15)18-12)17-7-9-2-1-5-16-9/h3-4,6,9H,1-2,5,7H2. The molecule has 1 unspecified atom stereocenters. The van der Waals surface area contributed by atoms with Gasteiger partial charge in [0, 0.05) is 6.61 Å². The molecule has 0 aliphatic carbocycles. The number of hydrogen-bond acceptors (Lipinski definition) is 5. The van der Waals surface area contributed by atoms with E-state index in [0.717, 1.165) is 19.4 Å². The van der Waals surface area contributed by atoms with Gasteiger partial charge in [0.2, 0.25) is 0 Å². The van der Waals surface area contributed by atoms with Crippen LogP contribution in [0.3, 0.4) is 0 Å². The minimum atomic E-state index is -0.613. The largest absolute Gasteiger partial charge is 0.491 e. The fourth-order valence-corrected chi connectivity index (χ4v) is 2.12. The molecule has 0 radical (unpaired) electrons. The molecule has 94 valence electrons. The van der Waals surface area contributed by atoms with Gasteiger partial charge in [-0.25, -0.2) is 9.59 Å². The summed E-state index contributed by atoms with van der Waals surface area (Å²) in [6.07, 6.45) is 2.16. The van der Waals surface area contributed by atoms with Crippen molar-refractivity contribution >= 4 is 11.9 Å². The molecule has 5 nitrogen and oxygen atoms in total. The van der Waals surface area contributed by atoms with E-state index in [9.17, 15) is 9.59 Å². The van der Waals surface area contributed by atoms with Crippen LogP contribution in [0.4, 0.5) is 0 Å². The van der Waals surface area contributed by atoms with Crippen molar-refractivity contribution in [3.8, 4) is 5.75 Å². The molecule has 2 heterocycles. The van der Waals surface area contributed by atoms with E-state index in [1.54, 1.807) is 12.1 Å². The third-order valence-electron chi connectivity index (χ3n) is 3.08. The summed E-state index contributed by atoms with van der Waals surface area (Å²) in [5.41, 5.74) is 0.564. The third kappa shape index (κ3) is 1.97. The van der Waals surface area contributed by atoms with Gasteiger partial charge in [-0.05, 0) is 31.0 Å². The minimum Gasteiger partial charge on any atom is -0.491 e. The number of esters is 2. The molecule has 1 fully saturated rings. The van der Waals surface area contributed by atoms with Crippen molar-refractivity contribution in [2.75, 3.05) is 13.2 Å². The molecule has 1 atom stereocenters. The zero-order valence-electron chi connectivity index (χ0n) is 9.68. The maximum Gasteiger partial charge on any atom is 0.347 e. The van der Waals surface area contributed by atoms with E-state index in [-0.39, 0.29) is 11.7 Å². The fourth-order valence-electron chi connectivity index (χ4n) is 2.12. The molecule has 0 N–H and O–H groups in total. The number of benzene rings is 1. The molecule has 5 heteroatoms. The van der Waals surface area contributed by atoms with Crippen molar-refractivity contribution in [2.24, 2.45) is 0 Å². The lowest BCUT2D eigenvalue weighted by atomic mass is 10.1. The average molecular weight is 248 g/mol. The van der Waals surface area contributed by atoms with Crippen LogP contribution in [0.1, 0.15) is 33.6 Å². The van der Waals surface area contributed by atoms with Gasteiger partial charge < -0.3 is 14.2 Å². The van der Waals surface area contributed by atoms with E-state index >= 15 is 0 Å². The van der Waals surface area contributed by atoms with Gasteiger partial charge >= 0.3 is 11.9 Å². The van der Waals surface area contributed by atoms with Crippen LogP contribution in [-0.2, 0) is 9.47 Å². The van der Waals surface area contributed by atoms with Crippen LogP contribution in [0.2, 0.25) is 0 Å². The average Bonchev–Trinajstić information content (AvgIpc) is 2.97. The Morgan fingerprint density at radius 2 is 2.06 bits per heavy atom. The highest BCUT2D eigenvalue weighted by molar-refractivity contribution is 6.14. The summed E-state index contributed by atoms with van der Waals surface area (Å²) < 4.78 is 15.5. The van der Waals surface area contributed by atoms with Gasteiger partial charge in [0.1, 0.15) is 12.4 Å². The van der Waals surface area contributed by atoms with Crippen LogP contribution in [0, 0.1) is 0 Å². The van der Waals surface area contributed by atoms with E-state index in [1.165, 1.54) is 6.07 Å². The van der Waals surface area contributed by atoms with E-state index in [0.29, 0.717) is 17.9 Å². The minimum absolute atomic E-state index is 0.117. The fraction of sp³-hybridized carbons (Fsp3) is 0.385. The Labute approximate surface area is 104 Å². The van der Waals surface area contributed by atoms with Crippen LogP contribution in [-0.4, -0.2) is 31.3 Å². The van der Waals surface area contributed by atoms with Crippen LogP contribution in [0.25, 0.3) is 0 Å². The Bertz CT molecular complexity index is 502. The number of carbonyl (C=O) groups is 2. The number of rotatable bonds is 3. The van der Waals surface area contributed by atoms with Gasteiger partial charge in [0.05, 0.1) is 17.2 Å². The molecule has 3 rings (SSSR count). The first-order valence-corrected chi connectivity index (χ1v) is 5.89. The molecule has 0 aromatic heterocycles. The van der Waals surface area contributed by atoms with E-state index in [2.05, 4.69) is 4.74 Å². The first-order valence-electron chi connectivity index (χ1n) is 5.89. The number of ether oxygens (including phenoxy) is 3. The molecule has 2 aliphatic rings. The highest BCUT2D eigenvalue weighted by atomic mass is 16.6. The van der Waals surface area contributed by atoms with Crippen LogP contribution < -0.4 is 4.74 Å². The lowest BCUT2D eigenvalue weighted by molar-refractivity contribution is 0.0443. The maximum absolute atomic E-state index is 11.4. The Morgan fingerprint density at radius 3 is 2.83 bits per heavy atom. The molecule has 0 bridgehead atoms. The summed E-state index contributed by atoms with van der Waals surface area (Å²) in [7, 11) is 0. The second-order valence-corrected chi connectivity index (χ2v) is 4.33. The Hall–Kier alpha value is -1.88. The highest BCUT2D eigenvalue weighted by Gasteiger charge is 2.30.